The van der Waals surface area contributed by atoms with Crippen LogP contribution in [0.5, 0.6) is 0 Å². The van der Waals surface area contributed by atoms with Crippen LogP contribution in [0.25, 0.3) is 0 Å². The van der Waals surface area contributed by atoms with Crippen molar-refractivity contribution >= 4 is 0 Å². The number of hydrogen-bond donors (Lipinski definition) is 2. The van der Waals surface area contributed by atoms with Gasteiger partial charge in [-0.05, 0) is 30.6 Å². The molecule has 0 aromatic rings. The van der Waals surface area contributed by atoms with Crippen molar-refractivity contribution in [3.8, 4) is 0 Å². The Balaban J connectivity index is 2.61. The second-order valence-electron chi connectivity index (χ2n) is 5.01. The normalized spacial score (nSPS) is 38.2. The molecule has 2 N–H and O–H groups in total. The predicted molar refractivity (Wildman–Crippen MR) is 48.8 cm³/mol. The summed E-state index contributed by atoms with van der Waals surface area (Å²) in [7, 11) is 0. The van der Waals surface area contributed by atoms with Crippen molar-refractivity contribution in [1.29, 1.82) is 0 Å². The SMILES string of the molecule is CC(C)(C)[C@@H]1C[C@@H](O)CC[C@@H]1O. The van der Waals surface area contributed by atoms with Gasteiger partial charge in [-0.15, -0.1) is 0 Å². The van der Waals surface area contributed by atoms with Gasteiger partial charge in [-0.2, -0.15) is 0 Å². The molecule has 0 heterocycles. The molecule has 0 spiro atoms. The van der Waals surface area contributed by atoms with Crippen molar-refractivity contribution in [3.63, 3.8) is 0 Å². The molecule has 1 aliphatic carbocycles. The third-order valence-electron chi connectivity index (χ3n) is 2.90. The predicted octanol–water partition coefficient (Wildman–Crippen LogP) is 1.55. The lowest BCUT2D eigenvalue weighted by atomic mass is 9.70. The summed E-state index contributed by atoms with van der Waals surface area (Å²) in [6.45, 7) is 6.37. The number of aliphatic hydroxyl groups excluding tert-OH is 2. The second-order valence-corrected chi connectivity index (χ2v) is 5.01. The maximum atomic E-state index is 9.71. The van der Waals surface area contributed by atoms with Gasteiger partial charge in [0.2, 0.25) is 0 Å². The molecule has 0 unspecified atom stereocenters. The van der Waals surface area contributed by atoms with Crippen LogP contribution in [-0.2, 0) is 0 Å². The largest absolute Gasteiger partial charge is 0.393 e. The first kappa shape index (κ1) is 10.0. The van der Waals surface area contributed by atoms with Gasteiger partial charge in [0.1, 0.15) is 0 Å². The lowest BCUT2D eigenvalue weighted by molar-refractivity contribution is -0.0367. The summed E-state index contributed by atoms with van der Waals surface area (Å²) in [6, 6.07) is 0. The Morgan fingerprint density at radius 3 is 2.08 bits per heavy atom. The van der Waals surface area contributed by atoms with Crippen LogP contribution in [0.4, 0.5) is 0 Å². The topological polar surface area (TPSA) is 40.5 Å². The first-order chi connectivity index (χ1) is 5.41. The van der Waals surface area contributed by atoms with Crippen LogP contribution in [0.3, 0.4) is 0 Å². The summed E-state index contributed by atoms with van der Waals surface area (Å²) in [5.41, 5.74) is 0.112. The van der Waals surface area contributed by atoms with Gasteiger partial charge in [0.15, 0.2) is 0 Å². The minimum absolute atomic E-state index is 0.112. The average molecular weight is 172 g/mol. The molecule has 0 saturated heterocycles. The summed E-state index contributed by atoms with van der Waals surface area (Å²) in [5.74, 6) is 0.251. The van der Waals surface area contributed by atoms with Crippen LogP contribution >= 0.6 is 0 Å². The third kappa shape index (κ3) is 2.20. The molecule has 0 aromatic heterocycles. The maximum absolute atomic E-state index is 9.71. The summed E-state index contributed by atoms with van der Waals surface area (Å²) in [4.78, 5) is 0. The third-order valence-corrected chi connectivity index (χ3v) is 2.90. The van der Waals surface area contributed by atoms with Crippen molar-refractivity contribution in [3.05, 3.63) is 0 Å². The average Bonchev–Trinajstić information content (AvgIpc) is 1.92. The molecule has 1 rings (SSSR count). The van der Waals surface area contributed by atoms with E-state index in [0.717, 1.165) is 19.3 Å². The van der Waals surface area contributed by atoms with E-state index in [9.17, 15) is 10.2 Å². The molecule has 0 bridgehead atoms. The monoisotopic (exact) mass is 172 g/mol. The van der Waals surface area contributed by atoms with E-state index in [1.165, 1.54) is 0 Å². The Labute approximate surface area is 74.6 Å². The molecule has 1 fully saturated rings. The minimum atomic E-state index is -0.214. The number of aliphatic hydroxyl groups is 2. The molecule has 0 aliphatic heterocycles. The van der Waals surface area contributed by atoms with Crippen molar-refractivity contribution in [1.82, 2.24) is 0 Å². The van der Waals surface area contributed by atoms with E-state index in [0.29, 0.717) is 0 Å². The number of rotatable bonds is 0. The smallest absolute Gasteiger partial charge is 0.0575 e. The van der Waals surface area contributed by atoms with Crippen LogP contribution in [0, 0.1) is 11.3 Å². The molecule has 2 nitrogen and oxygen atoms in total. The molecule has 1 saturated carbocycles. The Kier molecular flexibility index (Phi) is 2.79. The van der Waals surface area contributed by atoms with Crippen molar-refractivity contribution in [2.45, 2.75) is 52.2 Å². The van der Waals surface area contributed by atoms with Gasteiger partial charge >= 0.3 is 0 Å². The van der Waals surface area contributed by atoms with Crippen molar-refractivity contribution in [2.75, 3.05) is 0 Å². The first-order valence-corrected chi connectivity index (χ1v) is 4.77. The van der Waals surface area contributed by atoms with E-state index in [-0.39, 0.29) is 23.5 Å². The van der Waals surface area contributed by atoms with E-state index in [1.54, 1.807) is 0 Å². The standard InChI is InChI=1S/C10H20O2/c1-10(2,3)8-6-7(11)4-5-9(8)12/h7-9,11-12H,4-6H2,1-3H3/t7-,8+,9-/m0/s1. The zero-order valence-corrected chi connectivity index (χ0v) is 8.25. The van der Waals surface area contributed by atoms with Gasteiger partial charge in [-0.3, -0.25) is 0 Å². The molecule has 1 aliphatic rings. The highest BCUT2D eigenvalue weighted by Crippen LogP contribution is 2.37. The molecule has 0 radical (unpaired) electrons. The number of hydrogen-bond acceptors (Lipinski definition) is 2. The lowest BCUT2D eigenvalue weighted by Gasteiger charge is -2.39. The molecular formula is C10H20O2. The van der Waals surface area contributed by atoms with Gasteiger partial charge in [0.25, 0.3) is 0 Å². The van der Waals surface area contributed by atoms with Crippen LogP contribution in [-0.4, -0.2) is 22.4 Å². The quantitative estimate of drug-likeness (QED) is 0.582. The second kappa shape index (κ2) is 3.35. The molecule has 72 valence electrons. The van der Waals surface area contributed by atoms with Gasteiger partial charge in [0, 0.05) is 0 Å². The first-order valence-electron chi connectivity index (χ1n) is 4.77. The molecule has 2 heteroatoms. The summed E-state index contributed by atoms with van der Waals surface area (Å²) in [6.07, 6.45) is 1.85. The minimum Gasteiger partial charge on any atom is -0.393 e. The van der Waals surface area contributed by atoms with E-state index in [4.69, 9.17) is 0 Å². The van der Waals surface area contributed by atoms with Crippen LogP contribution in [0.2, 0.25) is 0 Å². The highest BCUT2D eigenvalue weighted by atomic mass is 16.3. The van der Waals surface area contributed by atoms with Crippen molar-refractivity contribution in [2.24, 2.45) is 11.3 Å². The van der Waals surface area contributed by atoms with E-state index < -0.39 is 0 Å². The van der Waals surface area contributed by atoms with Gasteiger partial charge in [-0.1, -0.05) is 20.8 Å². The fourth-order valence-corrected chi connectivity index (χ4v) is 2.06. The van der Waals surface area contributed by atoms with Crippen molar-refractivity contribution < 1.29 is 10.2 Å². The van der Waals surface area contributed by atoms with Crippen LogP contribution in [0.1, 0.15) is 40.0 Å². The van der Waals surface area contributed by atoms with Gasteiger partial charge < -0.3 is 10.2 Å². The fraction of sp³-hybridized carbons (Fsp3) is 1.00. The zero-order valence-electron chi connectivity index (χ0n) is 8.25. The van der Waals surface area contributed by atoms with Crippen LogP contribution < -0.4 is 0 Å². The Hall–Kier alpha value is -0.0800. The molecule has 0 aromatic carbocycles. The van der Waals surface area contributed by atoms with Crippen LogP contribution in [0.15, 0.2) is 0 Å². The fourth-order valence-electron chi connectivity index (χ4n) is 2.06. The Morgan fingerprint density at radius 2 is 1.67 bits per heavy atom. The summed E-state index contributed by atoms with van der Waals surface area (Å²) < 4.78 is 0. The highest BCUT2D eigenvalue weighted by molar-refractivity contribution is 4.86. The van der Waals surface area contributed by atoms with E-state index in [1.807, 2.05) is 0 Å². The van der Waals surface area contributed by atoms with E-state index >= 15 is 0 Å². The highest BCUT2D eigenvalue weighted by Gasteiger charge is 2.35. The molecule has 12 heavy (non-hydrogen) atoms. The lowest BCUT2D eigenvalue weighted by Crippen LogP contribution is -2.39. The van der Waals surface area contributed by atoms with Gasteiger partial charge in [0.05, 0.1) is 12.2 Å². The molecular weight excluding hydrogens is 152 g/mol. The zero-order chi connectivity index (χ0) is 9.35. The molecule has 0 amide bonds. The Bertz CT molecular complexity index is 148. The summed E-state index contributed by atoms with van der Waals surface area (Å²) in [5, 5.41) is 19.2. The Morgan fingerprint density at radius 1 is 1.08 bits per heavy atom. The van der Waals surface area contributed by atoms with E-state index in [2.05, 4.69) is 20.8 Å². The van der Waals surface area contributed by atoms with Gasteiger partial charge in [-0.25, -0.2) is 0 Å². The maximum Gasteiger partial charge on any atom is 0.0575 e. The molecule has 3 atom stereocenters. The summed E-state index contributed by atoms with van der Waals surface area (Å²) >= 11 is 0.